The lowest BCUT2D eigenvalue weighted by Gasteiger charge is -2.39. The fourth-order valence-corrected chi connectivity index (χ4v) is 2.12. The Hall–Kier alpha value is -2.25. The van der Waals surface area contributed by atoms with Gasteiger partial charge in [-0.15, -0.1) is 0 Å². The van der Waals surface area contributed by atoms with Crippen molar-refractivity contribution in [2.45, 2.75) is 24.6 Å². The minimum atomic E-state index is -4.03. The maximum atomic E-state index is 14.0. The number of carboxylic acid groups (broad SMARTS) is 1. The first kappa shape index (κ1) is 16.1. The normalized spacial score (nSPS) is 23.9. The number of benzene rings is 1. The minimum Gasteiger partial charge on any atom is -0.479 e. The van der Waals surface area contributed by atoms with Crippen LogP contribution >= 0.6 is 0 Å². The van der Waals surface area contributed by atoms with Crippen LogP contribution in [0.2, 0.25) is 0 Å². The molecule has 0 spiro atoms. The number of carbonyl (C=O) groups excluding carboxylic acids is 1. The number of carboxylic acids is 1. The zero-order chi connectivity index (χ0) is 16.4. The van der Waals surface area contributed by atoms with Crippen LogP contribution in [-0.2, 0) is 16.1 Å². The maximum Gasteiger partial charge on any atom is 0.410 e. The lowest BCUT2D eigenvalue weighted by atomic mass is 9.90. The topological polar surface area (TPSA) is 66.8 Å². The summed E-state index contributed by atoms with van der Waals surface area (Å²) in [6.45, 7) is -1.83. The molecule has 1 unspecified atom stereocenters. The first-order valence-electron chi connectivity index (χ1n) is 6.52. The van der Waals surface area contributed by atoms with E-state index >= 15 is 0 Å². The standard InChI is InChI=1S/C14H14F3NO4/c15-13(11(19)20)9-18(7-6-14(13,16)17)12(21)22-8-10-4-2-1-3-5-10/h1-5H,6-9H2,(H,19,20). The van der Waals surface area contributed by atoms with Gasteiger partial charge >= 0.3 is 12.1 Å². The molecule has 120 valence electrons. The van der Waals surface area contributed by atoms with E-state index in [4.69, 9.17) is 9.84 Å². The Balaban J connectivity index is 2.01. The summed E-state index contributed by atoms with van der Waals surface area (Å²) in [7, 11) is 0. The van der Waals surface area contributed by atoms with Crippen molar-refractivity contribution < 1.29 is 32.6 Å². The van der Waals surface area contributed by atoms with Gasteiger partial charge in [-0.3, -0.25) is 0 Å². The van der Waals surface area contributed by atoms with Crippen molar-refractivity contribution in [2.24, 2.45) is 0 Å². The molecule has 0 saturated carbocycles. The molecule has 1 aliphatic heterocycles. The third-order valence-corrected chi connectivity index (χ3v) is 3.49. The van der Waals surface area contributed by atoms with Gasteiger partial charge in [0.2, 0.25) is 0 Å². The molecule has 5 nitrogen and oxygen atoms in total. The van der Waals surface area contributed by atoms with E-state index in [1.807, 2.05) is 0 Å². The number of rotatable bonds is 3. The zero-order valence-corrected chi connectivity index (χ0v) is 11.5. The predicted molar refractivity (Wildman–Crippen MR) is 69.2 cm³/mol. The van der Waals surface area contributed by atoms with Gasteiger partial charge < -0.3 is 14.7 Å². The second-order valence-electron chi connectivity index (χ2n) is 5.02. The van der Waals surface area contributed by atoms with Crippen LogP contribution in [0.15, 0.2) is 30.3 Å². The van der Waals surface area contributed by atoms with Gasteiger partial charge in [0.1, 0.15) is 6.61 Å². The fraction of sp³-hybridized carbons (Fsp3) is 0.429. The Kier molecular flexibility index (Phi) is 4.30. The Bertz CT molecular complexity index is 566. The molecule has 1 heterocycles. The molecule has 1 aromatic carbocycles. The lowest BCUT2D eigenvalue weighted by molar-refractivity contribution is -0.200. The van der Waals surface area contributed by atoms with Crippen LogP contribution in [0.1, 0.15) is 12.0 Å². The number of likely N-dealkylation sites (tertiary alicyclic amines) is 1. The van der Waals surface area contributed by atoms with Crippen molar-refractivity contribution >= 4 is 12.1 Å². The Morgan fingerprint density at radius 2 is 1.86 bits per heavy atom. The Morgan fingerprint density at radius 3 is 2.45 bits per heavy atom. The molecular formula is C14H14F3NO4. The van der Waals surface area contributed by atoms with E-state index in [0.717, 1.165) is 0 Å². The second kappa shape index (κ2) is 5.86. The first-order valence-corrected chi connectivity index (χ1v) is 6.52. The van der Waals surface area contributed by atoms with Crippen LogP contribution < -0.4 is 0 Å². The van der Waals surface area contributed by atoms with Crippen molar-refractivity contribution in [1.29, 1.82) is 0 Å². The molecule has 0 aromatic heterocycles. The van der Waals surface area contributed by atoms with Crippen LogP contribution in [0, 0.1) is 0 Å². The van der Waals surface area contributed by atoms with Crippen LogP contribution in [0.5, 0.6) is 0 Å². The third kappa shape index (κ3) is 3.00. The highest BCUT2D eigenvalue weighted by Gasteiger charge is 2.64. The van der Waals surface area contributed by atoms with Crippen molar-refractivity contribution in [1.82, 2.24) is 4.90 Å². The number of nitrogens with zero attached hydrogens (tertiary/aromatic N) is 1. The van der Waals surface area contributed by atoms with Crippen LogP contribution in [0.4, 0.5) is 18.0 Å². The third-order valence-electron chi connectivity index (χ3n) is 3.49. The molecule has 0 aliphatic carbocycles. The van der Waals surface area contributed by atoms with E-state index < -0.39 is 43.2 Å². The molecule has 1 fully saturated rings. The summed E-state index contributed by atoms with van der Waals surface area (Å²) in [5, 5.41) is 8.71. The Morgan fingerprint density at radius 1 is 1.23 bits per heavy atom. The fourth-order valence-electron chi connectivity index (χ4n) is 2.12. The van der Waals surface area contributed by atoms with Gasteiger partial charge in [-0.1, -0.05) is 30.3 Å². The second-order valence-corrected chi connectivity index (χ2v) is 5.02. The highest BCUT2D eigenvalue weighted by Crippen LogP contribution is 2.40. The van der Waals surface area contributed by atoms with Gasteiger partial charge in [0, 0.05) is 13.0 Å². The number of piperidine rings is 1. The summed E-state index contributed by atoms with van der Waals surface area (Å²) in [5.41, 5.74) is -3.14. The summed E-state index contributed by atoms with van der Waals surface area (Å²) in [6, 6.07) is 8.59. The highest BCUT2D eigenvalue weighted by atomic mass is 19.3. The summed E-state index contributed by atoms with van der Waals surface area (Å²) in [5.74, 6) is -6.33. The monoisotopic (exact) mass is 317 g/mol. The summed E-state index contributed by atoms with van der Waals surface area (Å²) in [4.78, 5) is 23.2. The molecule has 22 heavy (non-hydrogen) atoms. The zero-order valence-electron chi connectivity index (χ0n) is 11.5. The molecule has 1 N–H and O–H groups in total. The Labute approximate surface area is 124 Å². The number of aliphatic carboxylic acids is 1. The molecule has 2 rings (SSSR count). The summed E-state index contributed by atoms with van der Waals surface area (Å²) in [6.07, 6.45) is -2.10. The molecule has 0 bridgehead atoms. The van der Waals surface area contributed by atoms with Gasteiger partial charge in [-0.2, -0.15) is 0 Å². The molecule has 1 aromatic rings. The van der Waals surface area contributed by atoms with Crippen molar-refractivity contribution in [2.75, 3.05) is 13.1 Å². The number of alkyl halides is 3. The molecule has 1 amide bonds. The number of hydrogen-bond acceptors (Lipinski definition) is 3. The smallest absolute Gasteiger partial charge is 0.410 e. The number of halogens is 3. The number of hydrogen-bond donors (Lipinski definition) is 1. The highest BCUT2D eigenvalue weighted by molar-refractivity contribution is 5.81. The van der Waals surface area contributed by atoms with Gasteiger partial charge in [0.25, 0.3) is 11.6 Å². The summed E-state index contributed by atoms with van der Waals surface area (Å²) >= 11 is 0. The number of carbonyl (C=O) groups is 2. The minimum absolute atomic E-state index is 0.112. The van der Waals surface area contributed by atoms with Crippen molar-refractivity contribution in [3.8, 4) is 0 Å². The molecule has 0 radical (unpaired) electrons. The van der Waals surface area contributed by atoms with Crippen LogP contribution in [0.25, 0.3) is 0 Å². The van der Waals surface area contributed by atoms with Crippen molar-refractivity contribution in [3.05, 3.63) is 35.9 Å². The average Bonchev–Trinajstić information content (AvgIpc) is 2.48. The van der Waals surface area contributed by atoms with E-state index in [0.29, 0.717) is 10.5 Å². The van der Waals surface area contributed by atoms with Gasteiger partial charge in [-0.05, 0) is 5.56 Å². The van der Waals surface area contributed by atoms with Crippen LogP contribution in [0.3, 0.4) is 0 Å². The quantitative estimate of drug-likeness (QED) is 0.930. The van der Waals surface area contributed by atoms with Crippen molar-refractivity contribution in [3.63, 3.8) is 0 Å². The summed E-state index contributed by atoms with van der Waals surface area (Å²) < 4.78 is 45.9. The maximum absolute atomic E-state index is 14.0. The predicted octanol–water partition coefficient (Wildman–Crippen LogP) is 2.46. The van der Waals surface area contributed by atoms with E-state index in [9.17, 15) is 22.8 Å². The molecule has 8 heteroatoms. The average molecular weight is 317 g/mol. The van der Waals surface area contributed by atoms with E-state index in [1.165, 1.54) is 0 Å². The lowest BCUT2D eigenvalue weighted by Crippen LogP contribution is -2.63. The largest absolute Gasteiger partial charge is 0.479 e. The first-order chi connectivity index (χ1) is 10.3. The molecule has 1 aliphatic rings. The van der Waals surface area contributed by atoms with Gasteiger partial charge in [0.05, 0.1) is 6.54 Å². The number of amides is 1. The van der Waals surface area contributed by atoms with E-state index in [2.05, 4.69) is 0 Å². The molecule has 1 saturated heterocycles. The van der Waals surface area contributed by atoms with Gasteiger partial charge in [-0.25, -0.2) is 22.8 Å². The van der Waals surface area contributed by atoms with E-state index in [-0.39, 0.29) is 6.61 Å². The van der Waals surface area contributed by atoms with Gasteiger partial charge in [0.15, 0.2) is 0 Å². The molecule has 1 atom stereocenters. The van der Waals surface area contributed by atoms with E-state index in [1.54, 1.807) is 30.3 Å². The van der Waals surface area contributed by atoms with Crippen LogP contribution in [-0.4, -0.2) is 46.7 Å². The SMILES string of the molecule is O=C(OCc1ccccc1)N1CCC(F)(F)C(F)(C(=O)O)C1. The molecular weight excluding hydrogens is 303 g/mol. The number of ether oxygens (including phenoxy) is 1.